The van der Waals surface area contributed by atoms with Gasteiger partial charge in [-0.1, -0.05) is 39.8 Å². The van der Waals surface area contributed by atoms with Crippen molar-refractivity contribution in [2.24, 2.45) is 7.05 Å². The minimum atomic E-state index is -0.229. The number of rotatable bonds is 8. The van der Waals surface area contributed by atoms with Crippen LogP contribution in [0.3, 0.4) is 0 Å². The van der Waals surface area contributed by atoms with Crippen molar-refractivity contribution in [2.75, 3.05) is 11.1 Å². The third-order valence-corrected chi connectivity index (χ3v) is 7.54. The molecule has 0 atom stereocenters. The van der Waals surface area contributed by atoms with E-state index in [1.54, 1.807) is 23.9 Å². The summed E-state index contributed by atoms with van der Waals surface area (Å²) in [5.41, 5.74) is 4.03. The van der Waals surface area contributed by atoms with Crippen molar-refractivity contribution in [1.82, 2.24) is 14.8 Å². The third-order valence-electron chi connectivity index (χ3n) is 4.67. The maximum atomic E-state index is 13.0. The van der Waals surface area contributed by atoms with Gasteiger partial charge in [-0.25, -0.2) is 4.39 Å². The molecule has 1 amide bonds. The Morgan fingerprint density at radius 3 is 2.57 bits per heavy atom. The number of nitrogens with one attached hydrogen (secondary N) is 1. The van der Waals surface area contributed by atoms with E-state index in [2.05, 4.69) is 31.4 Å². The monoisotopic (exact) mass is 508 g/mol. The van der Waals surface area contributed by atoms with Gasteiger partial charge >= 0.3 is 0 Å². The molecule has 0 radical (unpaired) electrons. The summed E-state index contributed by atoms with van der Waals surface area (Å²) < 4.78 is 15.9. The molecule has 1 N–H and O–H groups in total. The summed E-state index contributed by atoms with van der Waals surface area (Å²) in [5.74, 6) is 2.23. The van der Waals surface area contributed by atoms with Crippen molar-refractivity contribution in [2.45, 2.75) is 30.5 Å². The SMILES string of the molecule is Cc1c(Br)ccc(NC(=O)CSc2nnc(CSCc3ccc(F)cc3)n2C)c1C. The van der Waals surface area contributed by atoms with E-state index in [1.807, 2.05) is 37.6 Å². The van der Waals surface area contributed by atoms with Gasteiger partial charge in [-0.2, -0.15) is 0 Å². The van der Waals surface area contributed by atoms with Crippen LogP contribution in [0, 0.1) is 19.7 Å². The molecule has 5 nitrogen and oxygen atoms in total. The highest BCUT2D eigenvalue weighted by atomic mass is 79.9. The lowest BCUT2D eigenvalue weighted by Gasteiger charge is -2.11. The fraction of sp³-hybridized carbons (Fsp3) is 0.286. The molecule has 0 aliphatic heterocycles. The van der Waals surface area contributed by atoms with Crippen LogP contribution in [0.5, 0.6) is 0 Å². The molecule has 0 aliphatic carbocycles. The number of aromatic nitrogens is 3. The largest absolute Gasteiger partial charge is 0.325 e. The van der Waals surface area contributed by atoms with Crippen molar-refractivity contribution in [3.8, 4) is 0 Å². The Morgan fingerprint density at radius 1 is 1.10 bits per heavy atom. The van der Waals surface area contributed by atoms with Crippen molar-refractivity contribution in [3.05, 3.63) is 69.2 Å². The van der Waals surface area contributed by atoms with E-state index in [1.165, 1.54) is 23.9 Å². The van der Waals surface area contributed by atoms with Crippen LogP contribution in [-0.2, 0) is 23.3 Å². The van der Waals surface area contributed by atoms with Gasteiger partial charge in [0.25, 0.3) is 0 Å². The highest BCUT2D eigenvalue weighted by molar-refractivity contribution is 9.10. The predicted octanol–water partition coefficient (Wildman–Crippen LogP) is 5.50. The fourth-order valence-corrected chi connectivity index (χ4v) is 4.80. The number of hydrogen-bond acceptors (Lipinski definition) is 5. The summed E-state index contributed by atoms with van der Waals surface area (Å²) in [7, 11) is 1.90. The fourth-order valence-electron chi connectivity index (χ4n) is 2.68. The first kappa shape index (κ1) is 22.8. The zero-order valence-electron chi connectivity index (χ0n) is 16.9. The molecule has 1 aromatic heterocycles. The number of carbonyl (C=O) groups is 1. The van der Waals surface area contributed by atoms with E-state index < -0.39 is 0 Å². The van der Waals surface area contributed by atoms with E-state index in [0.29, 0.717) is 10.9 Å². The quantitative estimate of drug-likeness (QED) is 0.407. The van der Waals surface area contributed by atoms with Gasteiger partial charge in [-0.3, -0.25) is 4.79 Å². The van der Waals surface area contributed by atoms with Crippen LogP contribution in [0.15, 0.2) is 46.0 Å². The molecule has 2 aromatic carbocycles. The predicted molar refractivity (Wildman–Crippen MR) is 125 cm³/mol. The van der Waals surface area contributed by atoms with Gasteiger partial charge in [0.1, 0.15) is 11.6 Å². The molecule has 0 unspecified atom stereocenters. The van der Waals surface area contributed by atoms with Crippen LogP contribution in [0.4, 0.5) is 10.1 Å². The zero-order valence-corrected chi connectivity index (χ0v) is 20.1. The first-order valence-electron chi connectivity index (χ1n) is 9.24. The second kappa shape index (κ2) is 10.5. The van der Waals surface area contributed by atoms with Crippen molar-refractivity contribution >= 4 is 51.0 Å². The van der Waals surface area contributed by atoms with E-state index >= 15 is 0 Å². The second-order valence-electron chi connectivity index (χ2n) is 6.76. The van der Waals surface area contributed by atoms with Crippen molar-refractivity contribution in [1.29, 1.82) is 0 Å². The number of hydrogen-bond donors (Lipinski definition) is 1. The minimum absolute atomic E-state index is 0.0833. The number of amides is 1. The zero-order chi connectivity index (χ0) is 21.7. The Kier molecular flexibility index (Phi) is 7.96. The lowest BCUT2D eigenvalue weighted by molar-refractivity contribution is -0.113. The van der Waals surface area contributed by atoms with Gasteiger partial charge in [0, 0.05) is 23.0 Å². The minimum Gasteiger partial charge on any atom is -0.325 e. The number of anilines is 1. The molecular weight excluding hydrogens is 487 g/mol. The Balaban J connectivity index is 1.50. The number of thioether (sulfide) groups is 2. The lowest BCUT2D eigenvalue weighted by Crippen LogP contribution is -2.15. The van der Waals surface area contributed by atoms with Crippen LogP contribution in [0.25, 0.3) is 0 Å². The summed E-state index contributed by atoms with van der Waals surface area (Å²) in [6.07, 6.45) is 0. The molecule has 0 fully saturated rings. The van der Waals surface area contributed by atoms with Gasteiger partial charge < -0.3 is 9.88 Å². The molecule has 9 heteroatoms. The van der Waals surface area contributed by atoms with E-state index in [0.717, 1.165) is 38.4 Å². The van der Waals surface area contributed by atoms with E-state index in [9.17, 15) is 9.18 Å². The molecule has 3 rings (SSSR count). The van der Waals surface area contributed by atoms with Gasteiger partial charge in [-0.05, 0) is 54.8 Å². The summed E-state index contributed by atoms with van der Waals surface area (Å²) in [6.45, 7) is 4.00. The molecule has 0 saturated carbocycles. The molecule has 0 saturated heterocycles. The molecule has 3 aromatic rings. The number of halogens is 2. The average Bonchev–Trinajstić information content (AvgIpc) is 3.08. The second-order valence-corrected chi connectivity index (χ2v) is 9.54. The van der Waals surface area contributed by atoms with E-state index in [-0.39, 0.29) is 17.5 Å². The molecular formula is C21H22BrFN4OS2. The molecule has 0 spiro atoms. The van der Waals surface area contributed by atoms with Gasteiger partial charge in [0.05, 0.1) is 11.5 Å². The Labute approximate surface area is 192 Å². The smallest absolute Gasteiger partial charge is 0.234 e. The van der Waals surface area contributed by atoms with Gasteiger partial charge in [0.15, 0.2) is 5.16 Å². The van der Waals surface area contributed by atoms with Crippen LogP contribution in [0.2, 0.25) is 0 Å². The lowest BCUT2D eigenvalue weighted by atomic mass is 10.1. The van der Waals surface area contributed by atoms with Crippen LogP contribution in [0.1, 0.15) is 22.5 Å². The molecule has 1 heterocycles. The van der Waals surface area contributed by atoms with Crippen LogP contribution >= 0.6 is 39.5 Å². The van der Waals surface area contributed by atoms with Crippen LogP contribution < -0.4 is 5.32 Å². The van der Waals surface area contributed by atoms with E-state index in [4.69, 9.17) is 0 Å². The molecule has 0 bridgehead atoms. The molecule has 0 aliphatic rings. The normalized spacial score (nSPS) is 11.0. The van der Waals surface area contributed by atoms with Gasteiger partial charge in [0.2, 0.25) is 5.91 Å². The summed E-state index contributed by atoms with van der Waals surface area (Å²) >= 11 is 6.54. The number of nitrogens with zero attached hydrogens (tertiary/aromatic N) is 3. The maximum Gasteiger partial charge on any atom is 0.234 e. The topological polar surface area (TPSA) is 59.8 Å². The first-order chi connectivity index (χ1) is 14.3. The standard InChI is InChI=1S/C21H22BrFN4OS2/c1-13-14(2)18(9-8-17(13)22)24-20(28)12-30-21-26-25-19(27(21)3)11-29-10-15-4-6-16(23)7-5-15/h4-9H,10-12H2,1-3H3,(H,24,28). The summed E-state index contributed by atoms with van der Waals surface area (Å²) in [5, 5.41) is 12.1. The highest BCUT2D eigenvalue weighted by Crippen LogP contribution is 2.26. The van der Waals surface area contributed by atoms with Crippen molar-refractivity contribution < 1.29 is 9.18 Å². The molecule has 30 heavy (non-hydrogen) atoms. The maximum absolute atomic E-state index is 13.0. The van der Waals surface area contributed by atoms with Crippen LogP contribution in [-0.4, -0.2) is 26.4 Å². The molecule has 158 valence electrons. The van der Waals surface area contributed by atoms with Gasteiger partial charge in [-0.15, -0.1) is 22.0 Å². The Bertz CT molecular complexity index is 1040. The number of benzene rings is 2. The average molecular weight is 509 g/mol. The summed E-state index contributed by atoms with van der Waals surface area (Å²) in [4.78, 5) is 12.4. The first-order valence-corrected chi connectivity index (χ1v) is 12.2. The number of carbonyl (C=O) groups excluding carboxylic acids is 1. The summed E-state index contributed by atoms with van der Waals surface area (Å²) in [6, 6.07) is 10.3. The highest BCUT2D eigenvalue weighted by Gasteiger charge is 2.13. The Morgan fingerprint density at radius 2 is 1.83 bits per heavy atom. The Hall–Kier alpha value is -1.84. The third kappa shape index (κ3) is 5.86. The van der Waals surface area contributed by atoms with Crippen molar-refractivity contribution in [3.63, 3.8) is 0 Å².